The van der Waals surface area contributed by atoms with Gasteiger partial charge in [0.25, 0.3) is 5.91 Å². The molecule has 1 aliphatic rings. The van der Waals surface area contributed by atoms with E-state index in [0.29, 0.717) is 11.3 Å². The van der Waals surface area contributed by atoms with Crippen molar-refractivity contribution in [1.29, 1.82) is 0 Å². The van der Waals surface area contributed by atoms with Gasteiger partial charge in [0.2, 0.25) is 0 Å². The van der Waals surface area contributed by atoms with Crippen LogP contribution in [0, 0.1) is 0 Å². The first-order valence-corrected chi connectivity index (χ1v) is 7.34. The number of ether oxygens (including phenoxy) is 1. The van der Waals surface area contributed by atoms with Crippen LogP contribution in [0.4, 0.5) is 5.69 Å². The normalized spacial score (nSPS) is 16.9. The summed E-state index contributed by atoms with van der Waals surface area (Å²) in [5, 5.41) is 2.83. The number of hydrogen-bond donors (Lipinski definition) is 2. The number of hydrogen-bond acceptors (Lipinski definition) is 3. The van der Waals surface area contributed by atoms with Crippen molar-refractivity contribution in [2.45, 2.75) is 44.8 Å². The molecule has 0 saturated heterocycles. The molecule has 1 aliphatic carbocycles. The van der Waals surface area contributed by atoms with Crippen LogP contribution in [0.15, 0.2) is 24.3 Å². The molecule has 1 saturated carbocycles. The smallest absolute Gasteiger partial charge is 0.253 e. The van der Waals surface area contributed by atoms with Crippen LogP contribution < -0.4 is 11.1 Å². The van der Waals surface area contributed by atoms with Gasteiger partial charge >= 0.3 is 0 Å². The van der Waals surface area contributed by atoms with Gasteiger partial charge in [0.05, 0.1) is 11.8 Å². The van der Waals surface area contributed by atoms with E-state index in [9.17, 15) is 4.79 Å². The average molecular weight is 292 g/mol. The van der Waals surface area contributed by atoms with Gasteiger partial charge in [0, 0.05) is 5.56 Å². The first-order chi connectivity index (χ1) is 9.58. The van der Waals surface area contributed by atoms with E-state index in [1.165, 1.54) is 12.8 Å². The molecule has 0 heterocycles. The molecule has 1 atom stereocenters. The number of rotatable bonds is 5. The summed E-state index contributed by atoms with van der Waals surface area (Å²) < 4.78 is 5.77. The predicted molar refractivity (Wildman–Crippen MR) is 83.8 cm³/mol. The highest BCUT2D eigenvalue weighted by molar-refractivity contribution is 7.80. The van der Waals surface area contributed by atoms with Crippen LogP contribution in [-0.4, -0.2) is 23.1 Å². The molecule has 0 aromatic heterocycles. The summed E-state index contributed by atoms with van der Waals surface area (Å²) in [5.41, 5.74) is 6.95. The Balaban J connectivity index is 1.98. The first-order valence-electron chi connectivity index (χ1n) is 6.93. The Kier molecular flexibility index (Phi) is 5.09. The van der Waals surface area contributed by atoms with E-state index in [2.05, 4.69) is 5.32 Å². The van der Waals surface area contributed by atoms with Gasteiger partial charge in [-0.1, -0.05) is 37.2 Å². The third-order valence-corrected chi connectivity index (χ3v) is 3.74. The minimum absolute atomic E-state index is 0.166. The molecule has 2 rings (SSSR count). The molecular formula is C15H20N2O2S. The average Bonchev–Trinajstić information content (AvgIpc) is 2.91. The number of carbonyl (C=O) groups excluding carboxylic acids is 1. The molecule has 0 spiro atoms. The number of para-hydroxylation sites is 1. The van der Waals surface area contributed by atoms with Crippen LogP contribution in [0.25, 0.3) is 0 Å². The van der Waals surface area contributed by atoms with E-state index in [4.69, 9.17) is 22.7 Å². The van der Waals surface area contributed by atoms with Gasteiger partial charge in [0.15, 0.2) is 0 Å². The summed E-state index contributed by atoms with van der Waals surface area (Å²) in [4.78, 5) is 12.4. The van der Waals surface area contributed by atoms with Crippen molar-refractivity contribution in [3.8, 4) is 0 Å². The second-order valence-corrected chi connectivity index (χ2v) is 5.52. The topological polar surface area (TPSA) is 64.3 Å². The molecule has 0 aliphatic heterocycles. The van der Waals surface area contributed by atoms with Crippen molar-refractivity contribution in [2.75, 3.05) is 5.32 Å². The van der Waals surface area contributed by atoms with E-state index in [1.54, 1.807) is 19.1 Å². The van der Waals surface area contributed by atoms with Crippen LogP contribution in [0.3, 0.4) is 0 Å². The van der Waals surface area contributed by atoms with Crippen LogP contribution in [0.5, 0.6) is 0 Å². The van der Waals surface area contributed by atoms with Crippen LogP contribution in [0.2, 0.25) is 0 Å². The van der Waals surface area contributed by atoms with Crippen LogP contribution in [0.1, 0.15) is 38.2 Å². The van der Waals surface area contributed by atoms with E-state index < -0.39 is 6.10 Å². The monoisotopic (exact) mass is 292 g/mol. The molecule has 108 valence electrons. The number of anilines is 1. The fraction of sp³-hybridized carbons (Fsp3) is 0.467. The molecule has 0 radical (unpaired) electrons. The number of benzene rings is 1. The standard InChI is InChI=1S/C15H20N2O2S/c1-10(19-11-6-2-3-7-11)15(18)17-13-9-5-4-8-12(13)14(16)20/h4-5,8-11H,2-3,6-7H2,1H3,(H2,16,20)(H,17,18). The highest BCUT2D eigenvalue weighted by Crippen LogP contribution is 2.23. The Morgan fingerprint density at radius 1 is 1.40 bits per heavy atom. The van der Waals surface area contributed by atoms with Crippen LogP contribution >= 0.6 is 12.2 Å². The number of thiocarbonyl (C=S) groups is 1. The zero-order valence-corrected chi connectivity index (χ0v) is 12.4. The molecule has 4 nitrogen and oxygen atoms in total. The van der Waals surface area contributed by atoms with Gasteiger partial charge in [-0.3, -0.25) is 4.79 Å². The quantitative estimate of drug-likeness (QED) is 0.819. The van der Waals surface area contributed by atoms with Crippen molar-refractivity contribution in [1.82, 2.24) is 0 Å². The van der Waals surface area contributed by atoms with Crippen molar-refractivity contribution < 1.29 is 9.53 Å². The molecule has 1 aromatic carbocycles. The first kappa shape index (κ1) is 14.9. The second kappa shape index (κ2) is 6.81. The lowest BCUT2D eigenvalue weighted by atomic mass is 10.1. The number of nitrogens with one attached hydrogen (secondary N) is 1. The van der Waals surface area contributed by atoms with Gasteiger partial charge < -0.3 is 15.8 Å². The Bertz CT molecular complexity index is 498. The van der Waals surface area contributed by atoms with Crippen molar-refractivity contribution in [3.63, 3.8) is 0 Å². The van der Waals surface area contributed by atoms with E-state index >= 15 is 0 Å². The summed E-state index contributed by atoms with van der Waals surface area (Å²) in [5.74, 6) is -0.166. The lowest BCUT2D eigenvalue weighted by molar-refractivity contribution is -0.129. The molecule has 1 amide bonds. The number of amides is 1. The molecule has 0 bridgehead atoms. The zero-order valence-electron chi connectivity index (χ0n) is 11.6. The Labute approximate surface area is 124 Å². The van der Waals surface area contributed by atoms with Gasteiger partial charge in [0.1, 0.15) is 11.1 Å². The molecule has 3 N–H and O–H groups in total. The molecule has 1 aromatic rings. The van der Waals surface area contributed by atoms with Crippen molar-refractivity contribution in [3.05, 3.63) is 29.8 Å². The highest BCUT2D eigenvalue weighted by Gasteiger charge is 2.22. The van der Waals surface area contributed by atoms with Crippen molar-refractivity contribution >= 4 is 28.8 Å². The summed E-state index contributed by atoms with van der Waals surface area (Å²) in [7, 11) is 0. The van der Waals surface area contributed by atoms with Gasteiger partial charge in [-0.15, -0.1) is 0 Å². The van der Waals surface area contributed by atoms with Gasteiger partial charge in [-0.25, -0.2) is 0 Å². The van der Waals surface area contributed by atoms with Gasteiger partial charge in [-0.05, 0) is 31.9 Å². The Hall–Kier alpha value is -1.46. The minimum Gasteiger partial charge on any atom is -0.389 e. The maximum atomic E-state index is 12.2. The Morgan fingerprint density at radius 3 is 2.70 bits per heavy atom. The predicted octanol–water partition coefficient (Wildman–Crippen LogP) is 2.61. The highest BCUT2D eigenvalue weighted by atomic mass is 32.1. The summed E-state index contributed by atoms with van der Waals surface area (Å²) >= 11 is 4.98. The largest absolute Gasteiger partial charge is 0.389 e. The van der Waals surface area contributed by atoms with Crippen LogP contribution in [-0.2, 0) is 9.53 Å². The zero-order chi connectivity index (χ0) is 14.5. The summed E-state index contributed by atoms with van der Waals surface area (Å²) in [6.07, 6.45) is 4.19. The van der Waals surface area contributed by atoms with E-state index in [1.807, 2.05) is 12.1 Å². The molecule has 5 heteroatoms. The third-order valence-electron chi connectivity index (χ3n) is 3.52. The fourth-order valence-corrected chi connectivity index (χ4v) is 2.59. The SMILES string of the molecule is CC(OC1CCCC1)C(=O)Nc1ccccc1C(N)=S. The maximum Gasteiger partial charge on any atom is 0.253 e. The number of nitrogens with two attached hydrogens (primary N) is 1. The lowest BCUT2D eigenvalue weighted by Crippen LogP contribution is -2.31. The Morgan fingerprint density at radius 2 is 2.05 bits per heavy atom. The van der Waals surface area contributed by atoms with E-state index in [-0.39, 0.29) is 17.0 Å². The van der Waals surface area contributed by atoms with Gasteiger partial charge in [-0.2, -0.15) is 0 Å². The molecule has 20 heavy (non-hydrogen) atoms. The third kappa shape index (κ3) is 3.77. The molecular weight excluding hydrogens is 272 g/mol. The minimum atomic E-state index is -0.475. The molecule has 1 unspecified atom stereocenters. The van der Waals surface area contributed by atoms with E-state index in [0.717, 1.165) is 12.8 Å². The van der Waals surface area contributed by atoms with Crippen molar-refractivity contribution in [2.24, 2.45) is 5.73 Å². The second-order valence-electron chi connectivity index (χ2n) is 5.08. The summed E-state index contributed by atoms with van der Waals surface area (Å²) in [6.45, 7) is 1.77. The lowest BCUT2D eigenvalue weighted by Gasteiger charge is -2.18. The summed E-state index contributed by atoms with van der Waals surface area (Å²) in [6, 6.07) is 7.25. The number of carbonyl (C=O) groups is 1. The fourth-order valence-electron chi connectivity index (χ4n) is 2.42. The molecule has 1 fully saturated rings. The maximum absolute atomic E-state index is 12.2.